The molecule has 0 spiro atoms. The monoisotopic (exact) mass is 554 g/mol. The van der Waals surface area contributed by atoms with Crippen LogP contribution >= 0.6 is 24.0 Å². The van der Waals surface area contributed by atoms with E-state index in [9.17, 15) is 4.79 Å². The number of piperidine rings is 1. The molecule has 0 aliphatic carbocycles. The maximum atomic E-state index is 11.5. The van der Waals surface area contributed by atoms with Gasteiger partial charge in [-0.3, -0.25) is 9.48 Å². The van der Waals surface area contributed by atoms with Crippen molar-refractivity contribution in [3.63, 3.8) is 0 Å². The van der Waals surface area contributed by atoms with E-state index in [0.29, 0.717) is 13.1 Å². The molecule has 0 radical (unpaired) electrons. The molecule has 32 heavy (non-hydrogen) atoms. The number of aryl methyl sites for hydroxylation is 2. The summed E-state index contributed by atoms with van der Waals surface area (Å²) in [5.74, 6) is 1.45. The second kappa shape index (κ2) is 12.0. The number of nitrogens with one attached hydrogen (secondary N) is 2. The lowest BCUT2D eigenvalue weighted by molar-refractivity contribution is -0.122. The highest BCUT2D eigenvalue weighted by Crippen LogP contribution is 2.25. The maximum absolute atomic E-state index is 11.5. The number of pyridine rings is 1. The molecular formula is C22H35IN8O. The van der Waals surface area contributed by atoms with Gasteiger partial charge in [0.15, 0.2) is 5.96 Å². The first kappa shape index (κ1) is 25.9. The van der Waals surface area contributed by atoms with Gasteiger partial charge in [-0.2, -0.15) is 5.10 Å². The average molecular weight is 554 g/mol. The van der Waals surface area contributed by atoms with Gasteiger partial charge in [-0.15, -0.1) is 24.0 Å². The van der Waals surface area contributed by atoms with Crippen LogP contribution in [0, 0.1) is 19.8 Å². The number of hydrogen-bond donors (Lipinski definition) is 3. The number of primary amides is 1. The Kier molecular flexibility index (Phi) is 9.73. The first-order chi connectivity index (χ1) is 14.9. The van der Waals surface area contributed by atoms with E-state index in [-0.39, 0.29) is 35.8 Å². The fraction of sp³-hybridized carbons (Fsp3) is 0.545. The summed E-state index contributed by atoms with van der Waals surface area (Å²) >= 11 is 0. The third kappa shape index (κ3) is 6.33. The summed E-state index contributed by atoms with van der Waals surface area (Å²) in [6.07, 6.45) is 3.34. The predicted octanol–water partition coefficient (Wildman–Crippen LogP) is 2.01. The summed E-state index contributed by atoms with van der Waals surface area (Å²) in [5, 5.41) is 11.2. The number of hydrogen-bond acceptors (Lipinski definition) is 5. The van der Waals surface area contributed by atoms with E-state index < -0.39 is 0 Å². The van der Waals surface area contributed by atoms with Crippen LogP contribution in [0.1, 0.15) is 42.3 Å². The zero-order valence-corrected chi connectivity index (χ0v) is 21.7. The maximum Gasteiger partial charge on any atom is 0.220 e. The Morgan fingerprint density at radius 3 is 2.59 bits per heavy atom. The highest BCUT2D eigenvalue weighted by molar-refractivity contribution is 14.0. The van der Waals surface area contributed by atoms with Crippen LogP contribution < -0.4 is 21.3 Å². The number of aromatic nitrogens is 3. The van der Waals surface area contributed by atoms with Crippen molar-refractivity contribution in [2.24, 2.45) is 23.7 Å². The van der Waals surface area contributed by atoms with Crippen LogP contribution in [0.3, 0.4) is 0 Å². The van der Waals surface area contributed by atoms with Crippen molar-refractivity contribution in [2.75, 3.05) is 24.5 Å². The lowest BCUT2D eigenvalue weighted by Crippen LogP contribution is -2.39. The number of guanidine groups is 1. The molecule has 1 aliphatic rings. The largest absolute Gasteiger partial charge is 0.369 e. The summed E-state index contributed by atoms with van der Waals surface area (Å²) in [5.41, 5.74) is 9.89. The molecule has 0 aromatic carbocycles. The SMILES string of the molecule is CCNC(=NCc1cccnc1N1CCC(C(N)=O)CC1)NCc1c(C)nn(C)c1C.I. The Morgan fingerprint density at radius 1 is 1.28 bits per heavy atom. The third-order valence-corrected chi connectivity index (χ3v) is 5.91. The number of rotatable bonds is 7. The molecule has 0 saturated carbocycles. The molecule has 3 heterocycles. The number of amides is 1. The van der Waals surface area contributed by atoms with Gasteiger partial charge in [-0.25, -0.2) is 9.98 Å². The van der Waals surface area contributed by atoms with Crippen LogP contribution in [0.15, 0.2) is 23.3 Å². The van der Waals surface area contributed by atoms with Gasteiger partial charge in [0.2, 0.25) is 5.91 Å². The van der Waals surface area contributed by atoms with E-state index in [0.717, 1.165) is 61.2 Å². The smallest absolute Gasteiger partial charge is 0.220 e. The molecule has 0 atom stereocenters. The standard InChI is InChI=1S/C22H34N8O.HI/c1-5-24-22(27-14-19-15(2)28-29(4)16(19)3)26-13-18-7-6-10-25-21(18)30-11-8-17(9-12-30)20(23)31;/h6-7,10,17H,5,8-9,11-14H2,1-4H3,(H2,23,31)(H2,24,26,27);1H. The Balaban J connectivity index is 0.00000363. The van der Waals surface area contributed by atoms with E-state index >= 15 is 0 Å². The summed E-state index contributed by atoms with van der Waals surface area (Å²) in [7, 11) is 1.96. The summed E-state index contributed by atoms with van der Waals surface area (Å²) in [4.78, 5) is 23.1. The average Bonchev–Trinajstić information content (AvgIpc) is 3.01. The number of carbonyl (C=O) groups excluding carboxylic acids is 1. The van der Waals surface area contributed by atoms with Gasteiger partial charge >= 0.3 is 0 Å². The molecule has 1 fully saturated rings. The number of aliphatic imine (C=N–C) groups is 1. The highest BCUT2D eigenvalue weighted by Gasteiger charge is 2.24. The molecule has 2 aromatic heterocycles. The summed E-state index contributed by atoms with van der Waals surface area (Å²) in [6, 6.07) is 4.00. The van der Waals surface area contributed by atoms with Crippen molar-refractivity contribution >= 4 is 41.7 Å². The van der Waals surface area contributed by atoms with Crippen LogP contribution in [-0.4, -0.2) is 46.3 Å². The first-order valence-corrected chi connectivity index (χ1v) is 10.9. The van der Waals surface area contributed by atoms with Crippen molar-refractivity contribution in [1.82, 2.24) is 25.4 Å². The van der Waals surface area contributed by atoms with Crippen LogP contribution in [-0.2, 0) is 24.9 Å². The molecule has 3 rings (SSSR count). The summed E-state index contributed by atoms with van der Waals surface area (Å²) < 4.78 is 1.90. The third-order valence-electron chi connectivity index (χ3n) is 5.91. The minimum atomic E-state index is -0.203. The zero-order chi connectivity index (χ0) is 22.4. The van der Waals surface area contributed by atoms with Crippen molar-refractivity contribution in [3.8, 4) is 0 Å². The molecule has 9 nitrogen and oxygen atoms in total. The zero-order valence-electron chi connectivity index (χ0n) is 19.4. The Labute approximate surface area is 207 Å². The van der Waals surface area contributed by atoms with Gasteiger partial charge in [0.05, 0.1) is 12.2 Å². The Hall–Kier alpha value is -2.37. The topological polar surface area (TPSA) is 113 Å². The molecule has 1 aliphatic heterocycles. The fourth-order valence-corrected chi connectivity index (χ4v) is 3.97. The van der Waals surface area contributed by atoms with E-state index in [2.05, 4.69) is 45.5 Å². The number of nitrogens with two attached hydrogens (primary N) is 1. The second-order valence-corrected chi connectivity index (χ2v) is 7.97. The molecule has 10 heteroatoms. The predicted molar refractivity (Wildman–Crippen MR) is 138 cm³/mol. The molecule has 176 valence electrons. The van der Waals surface area contributed by atoms with Gasteiger partial charge in [0.1, 0.15) is 5.82 Å². The minimum absolute atomic E-state index is 0. The minimum Gasteiger partial charge on any atom is -0.369 e. The molecule has 1 saturated heterocycles. The van der Waals surface area contributed by atoms with Gasteiger partial charge in [0.25, 0.3) is 0 Å². The first-order valence-electron chi connectivity index (χ1n) is 10.9. The van der Waals surface area contributed by atoms with Crippen LogP contribution in [0.2, 0.25) is 0 Å². The quantitative estimate of drug-likeness (QED) is 0.274. The summed E-state index contributed by atoms with van der Waals surface area (Å²) in [6.45, 7) is 9.66. The van der Waals surface area contributed by atoms with Gasteiger partial charge in [-0.05, 0) is 39.7 Å². The van der Waals surface area contributed by atoms with Crippen molar-refractivity contribution in [3.05, 3.63) is 40.8 Å². The van der Waals surface area contributed by atoms with Gasteiger partial charge < -0.3 is 21.3 Å². The Morgan fingerprint density at radius 2 is 2.00 bits per heavy atom. The molecule has 1 amide bonds. The second-order valence-electron chi connectivity index (χ2n) is 7.97. The molecule has 2 aromatic rings. The van der Waals surface area contributed by atoms with E-state index in [1.54, 1.807) is 6.20 Å². The van der Waals surface area contributed by atoms with Crippen LogP contribution in [0.25, 0.3) is 0 Å². The lowest BCUT2D eigenvalue weighted by atomic mass is 9.96. The van der Waals surface area contributed by atoms with Gasteiger partial charge in [0, 0.05) is 62.2 Å². The molecule has 4 N–H and O–H groups in total. The van der Waals surface area contributed by atoms with E-state index in [1.807, 2.05) is 24.7 Å². The van der Waals surface area contributed by atoms with Crippen LogP contribution in [0.5, 0.6) is 0 Å². The number of nitrogens with zero attached hydrogens (tertiary/aromatic N) is 5. The van der Waals surface area contributed by atoms with Gasteiger partial charge in [-0.1, -0.05) is 6.07 Å². The van der Waals surface area contributed by atoms with E-state index in [4.69, 9.17) is 10.7 Å². The van der Waals surface area contributed by atoms with Crippen molar-refractivity contribution < 1.29 is 4.79 Å². The molecule has 0 bridgehead atoms. The normalized spacial score (nSPS) is 14.8. The number of carbonyl (C=O) groups is 1. The highest BCUT2D eigenvalue weighted by atomic mass is 127. The number of anilines is 1. The molecular weight excluding hydrogens is 519 g/mol. The van der Waals surface area contributed by atoms with Crippen molar-refractivity contribution in [1.29, 1.82) is 0 Å². The molecule has 0 unspecified atom stereocenters. The fourth-order valence-electron chi connectivity index (χ4n) is 3.97. The lowest BCUT2D eigenvalue weighted by Gasteiger charge is -2.32. The van der Waals surface area contributed by atoms with Crippen molar-refractivity contribution in [2.45, 2.75) is 46.7 Å². The van der Waals surface area contributed by atoms with Crippen LogP contribution in [0.4, 0.5) is 5.82 Å². The Bertz CT molecular complexity index is 934. The number of halogens is 1. The van der Waals surface area contributed by atoms with E-state index in [1.165, 1.54) is 5.56 Å².